The number of carbonyl (C=O) groups excluding carboxylic acids is 1. The molecule has 0 spiro atoms. The molecule has 0 unspecified atom stereocenters. The average Bonchev–Trinajstić information content (AvgIpc) is 3.05. The Kier molecular flexibility index (Phi) is 5.99. The number of amides is 2. The number of anilines is 2. The summed E-state index contributed by atoms with van der Waals surface area (Å²) >= 11 is 0. The van der Waals surface area contributed by atoms with Gasteiger partial charge in [0.25, 0.3) is 0 Å². The van der Waals surface area contributed by atoms with Gasteiger partial charge >= 0.3 is 6.03 Å². The normalized spacial score (nSPS) is 14.2. The highest BCUT2D eigenvalue weighted by Gasteiger charge is 2.22. The summed E-state index contributed by atoms with van der Waals surface area (Å²) in [6, 6.07) is 16.1. The molecule has 31 heavy (non-hydrogen) atoms. The fraction of sp³-hybridized carbons (Fsp3) is 0.292. The van der Waals surface area contributed by atoms with E-state index in [2.05, 4.69) is 35.3 Å². The summed E-state index contributed by atoms with van der Waals surface area (Å²) in [5.74, 6) is 0.188. The first-order valence-electron chi connectivity index (χ1n) is 10.5. The highest BCUT2D eigenvalue weighted by Crippen LogP contribution is 2.25. The van der Waals surface area contributed by atoms with Crippen molar-refractivity contribution < 1.29 is 9.18 Å². The van der Waals surface area contributed by atoms with E-state index in [0.717, 1.165) is 23.7 Å². The SMILES string of the molecule is CCc1ccc2nc(N3CCCN(C(=O)Nc4ccccc4F)CC3)c(C#N)cc2c1. The van der Waals surface area contributed by atoms with Gasteiger partial charge in [-0.15, -0.1) is 0 Å². The van der Waals surface area contributed by atoms with Crippen LogP contribution in [0.1, 0.15) is 24.5 Å². The van der Waals surface area contributed by atoms with E-state index in [1.165, 1.54) is 11.6 Å². The minimum Gasteiger partial charge on any atom is -0.354 e. The molecule has 1 aromatic heterocycles. The van der Waals surface area contributed by atoms with Gasteiger partial charge < -0.3 is 15.1 Å². The molecular formula is C24H24FN5O. The van der Waals surface area contributed by atoms with Gasteiger partial charge in [-0.2, -0.15) is 5.26 Å². The van der Waals surface area contributed by atoms with Crippen molar-refractivity contribution in [2.24, 2.45) is 0 Å². The largest absolute Gasteiger partial charge is 0.354 e. The second kappa shape index (κ2) is 9.00. The van der Waals surface area contributed by atoms with Crippen LogP contribution in [0.15, 0.2) is 48.5 Å². The molecule has 0 saturated carbocycles. The Bertz CT molecular complexity index is 1160. The molecule has 7 heteroatoms. The molecule has 6 nitrogen and oxygen atoms in total. The summed E-state index contributed by atoms with van der Waals surface area (Å²) in [5.41, 5.74) is 2.76. The maximum absolute atomic E-state index is 13.9. The number of hydrogen-bond donors (Lipinski definition) is 1. The Morgan fingerprint density at radius 2 is 2.00 bits per heavy atom. The van der Waals surface area contributed by atoms with Crippen LogP contribution in [0.2, 0.25) is 0 Å². The molecule has 2 heterocycles. The van der Waals surface area contributed by atoms with Gasteiger partial charge in [0.05, 0.1) is 16.8 Å². The lowest BCUT2D eigenvalue weighted by Crippen LogP contribution is -2.38. The van der Waals surface area contributed by atoms with Crippen LogP contribution in [0.25, 0.3) is 10.9 Å². The van der Waals surface area contributed by atoms with Crippen molar-refractivity contribution in [3.63, 3.8) is 0 Å². The molecule has 1 aliphatic rings. The van der Waals surface area contributed by atoms with E-state index in [4.69, 9.17) is 4.98 Å². The molecule has 4 rings (SSSR count). The molecule has 0 aliphatic carbocycles. The van der Waals surface area contributed by atoms with Crippen molar-refractivity contribution in [1.82, 2.24) is 9.88 Å². The lowest BCUT2D eigenvalue weighted by Gasteiger charge is -2.24. The standard InChI is InChI=1S/C24H24FN5O/c1-2-17-8-9-21-18(14-17)15-19(16-26)23(27-21)29-10-5-11-30(13-12-29)24(31)28-22-7-4-3-6-20(22)25/h3-4,6-9,14-15H,2,5,10-13H2,1H3,(H,28,31). The smallest absolute Gasteiger partial charge is 0.321 e. The minimum absolute atomic E-state index is 0.169. The number of aryl methyl sites for hydroxylation is 1. The molecule has 1 aliphatic heterocycles. The van der Waals surface area contributed by atoms with Crippen LogP contribution < -0.4 is 10.2 Å². The molecule has 3 aromatic rings. The lowest BCUT2D eigenvalue weighted by molar-refractivity contribution is 0.215. The zero-order valence-corrected chi connectivity index (χ0v) is 17.4. The summed E-state index contributed by atoms with van der Waals surface area (Å²) < 4.78 is 13.9. The first-order valence-corrected chi connectivity index (χ1v) is 10.5. The highest BCUT2D eigenvalue weighted by atomic mass is 19.1. The second-order valence-corrected chi connectivity index (χ2v) is 7.59. The number of nitrogens with zero attached hydrogens (tertiary/aromatic N) is 4. The average molecular weight is 417 g/mol. The molecule has 2 amide bonds. The number of benzene rings is 2. The van der Waals surface area contributed by atoms with Crippen molar-refractivity contribution in [3.8, 4) is 6.07 Å². The van der Waals surface area contributed by atoms with E-state index < -0.39 is 5.82 Å². The molecule has 0 bridgehead atoms. The van der Waals surface area contributed by atoms with Crippen LogP contribution in [-0.4, -0.2) is 42.1 Å². The van der Waals surface area contributed by atoms with Gasteiger partial charge in [0.15, 0.2) is 0 Å². The number of aromatic nitrogens is 1. The van der Waals surface area contributed by atoms with E-state index in [9.17, 15) is 14.4 Å². The fourth-order valence-corrected chi connectivity index (χ4v) is 3.85. The zero-order chi connectivity index (χ0) is 21.8. The van der Waals surface area contributed by atoms with E-state index >= 15 is 0 Å². The molecule has 0 atom stereocenters. The van der Waals surface area contributed by atoms with Gasteiger partial charge in [0.1, 0.15) is 17.7 Å². The Morgan fingerprint density at radius 1 is 1.16 bits per heavy atom. The third kappa shape index (κ3) is 4.43. The molecular weight excluding hydrogens is 393 g/mol. The van der Waals surface area contributed by atoms with E-state index in [1.807, 2.05) is 12.1 Å². The minimum atomic E-state index is -0.461. The summed E-state index contributed by atoms with van der Waals surface area (Å²) in [5, 5.41) is 13.3. The number of halogens is 1. The Hall–Kier alpha value is -3.66. The van der Waals surface area contributed by atoms with Crippen molar-refractivity contribution >= 4 is 28.4 Å². The quantitative estimate of drug-likeness (QED) is 0.679. The number of para-hydroxylation sites is 1. The molecule has 2 aromatic carbocycles. The van der Waals surface area contributed by atoms with Crippen LogP contribution in [0.4, 0.5) is 20.7 Å². The maximum atomic E-state index is 13.9. The van der Waals surface area contributed by atoms with Gasteiger partial charge in [0, 0.05) is 31.6 Å². The number of fused-ring (bicyclic) bond motifs is 1. The molecule has 0 radical (unpaired) electrons. The number of nitriles is 1. The van der Waals surface area contributed by atoms with Crippen molar-refractivity contribution in [2.45, 2.75) is 19.8 Å². The molecule has 1 N–H and O–H groups in total. The first-order chi connectivity index (χ1) is 15.1. The van der Waals surface area contributed by atoms with Crippen LogP contribution in [0.3, 0.4) is 0 Å². The third-order valence-electron chi connectivity index (χ3n) is 5.59. The number of carbonyl (C=O) groups is 1. The van der Waals surface area contributed by atoms with Crippen molar-refractivity contribution in [1.29, 1.82) is 5.26 Å². The van der Waals surface area contributed by atoms with Crippen molar-refractivity contribution in [3.05, 3.63) is 65.5 Å². The van der Waals surface area contributed by atoms with E-state index in [1.54, 1.807) is 23.1 Å². The third-order valence-corrected chi connectivity index (χ3v) is 5.59. The summed E-state index contributed by atoms with van der Waals surface area (Å²) in [6.45, 7) is 4.33. The van der Waals surface area contributed by atoms with Crippen LogP contribution in [0, 0.1) is 17.1 Å². The van der Waals surface area contributed by atoms with Gasteiger partial charge in [0.2, 0.25) is 0 Å². The maximum Gasteiger partial charge on any atom is 0.321 e. The van der Waals surface area contributed by atoms with Crippen molar-refractivity contribution in [2.75, 3.05) is 36.4 Å². The van der Waals surface area contributed by atoms with Crippen LogP contribution in [0.5, 0.6) is 0 Å². The molecule has 158 valence electrons. The van der Waals surface area contributed by atoms with Crippen LogP contribution >= 0.6 is 0 Å². The Balaban J connectivity index is 1.52. The summed E-state index contributed by atoms with van der Waals surface area (Å²) in [7, 11) is 0. The number of hydrogen-bond acceptors (Lipinski definition) is 4. The summed E-state index contributed by atoms with van der Waals surface area (Å²) in [4.78, 5) is 21.1. The van der Waals surface area contributed by atoms with Crippen LogP contribution in [-0.2, 0) is 6.42 Å². The molecule has 1 fully saturated rings. The van der Waals surface area contributed by atoms with E-state index in [0.29, 0.717) is 37.6 Å². The zero-order valence-electron chi connectivity index (χ0n) is 17.4. The number of pyridine rings is 1. The Labute approximate surface area is 180 Å². The topological polar surface area (TPSA) is 72.3 Å². The lowest BCUT2D eigenvalue weighted by atomic mass is 10.1. The van der Waals surface area contributed by atoms with Gasteiger partial charge in [-0.25, -0.2) is 14.2 Å². The van der Waals surface area contributed by atoms with Gasteiger partial charge in [-0.1, -0.05) is 25.1 Å². The predicted molar refractivity (Wildman–Crippen MR) is 120 cm³/mol. The fourth-order valence-electron chi connectivity index (χ4n) is 3.85. The second-order valence-electron chi connectivity index (χ2n) is 7.59. The number of nitrogens with one attached hydrogen (secondary N) is 1. The van der Waals surface area contributed by atoms with Gasteiger partial charge in [-0.05, 0) is 48.7 Å². The summed E-state index contributed by atoms with van der Waals surface area (Å²) in [6.07, 6.45) is 1.65. The van der Waals surface area contributed by atoms with Gasteiger partial charge in [-0.3, -0.25) is 0 Å². The first kappa shape index (κ1) is 20.6. The monoisotopic (exact) mass is 417 g/mol. The number of rotatable bonds is 3. The Morgan fingerprint density at radius 3 is 2.77 bits per heavy atom. The predicted octanol–water partition coefficient (Wildman–Crippen LogP) is 4.55. The molecule has 1 saturated heterocycles. The van der Waals surface area contributed by atoms with E-state index in [-0.39, 0.29) is 11.7 Å². The number of urea groups is 1. The highest BCUT2D eigenvalue weighted by molar-refractivity contribution is 5.89.